The van der Waals surface area contributed by atoms with Crippen molar-refractivity contribution in [3.8, 4) is 0 Å². The fourth-order valence-corrected chi connectivity index (χ4v) is 1.65. The van der Waals surface area contributed by atoms with Gasteiger partial charge in [-0.05, 0) is 0 Å². The van der Waals surface area contributed by atoms with Crippen molar-refractivity contribution in [2.45, 2.75) is 13.8 Å². The molecule has 0 amide bonds. The van der Waals surface area contributed by atoms with Crippen molar-refractivity contribution >= 4 is 10.8 Å². The van der Waals surface area contributed by atoms with Gasteiger partial charge in [-0.25, -0.2) is 0 Å². The first kappa shape index (κ1) is 20.8. The molecule has 2 rings (SSSR count). The van der Waals surface area contributed by atoms with E-state index in [0.29, 0.717) is 0 Å². The topological polar surface area (TPSA) is 0 Å². The summed E-state index contributed by atoms with van der Waals surface area (Å²) in [6.45, 7) is 4.32. The summed E-state index contributed by atoms with van der Waals surface area (Å²) in [6.07, 6.45) is 0. The number of aryl methyl sites for hydroxylation is 2. The average molecular weight is 297 g/mol. The van der Waals surface area contributed by atoms with Crippen molar-refractivity contribution in [2.24, 2.45) is 0 Å². The summed E-state index contributed by atoms with van der Waals surface area (Å²) < 4.78 is 0. The zero-order valence-corrected chi connectivity index (χ0v) is 12.3. The van der Waals surface area contributed by atoms with Gasteiger partial charge in [0.05, 0.1) is 0 Å². The number of benzene rings is 1. The molecular weight excluding hydrogens is 286 g/mol. The second-order valence-electron chi connectivity index (χ2n) is 3.06. The van der Waals surface area contributed by atoms with Crippen LogP contribution in [0.2, 0.25) is 0 Å². The quantitative estimate of drug-likeness (QED) is 0.336. The molecule has 0 atom stereocenters. The summed E-state index contributed by atoms with van der Waals surface area (Å²) in [5.41, 5.74) is 2.77. The van der Waals surface area contributed by atoms with Crippen LogP contribution in [0.1, 0.15) is 11.1 Å². The molecule has 0 fully saturated rings. The monoisotopic (exact) mass is 296 g/mol. The van der Waals surface area contributed by atoms with Gasteiger partial charge >= 0.3 is 21.7 Å². The predicted molar refractivity (Wildman–Crippen MR) is 49.0 cm³/mol. The molecule has 2 aromatic rings. The zero-order chi connectivity index (χ0) is 7.84. The molecule has 0 heterocycles. The second kappa shape index (κ2) is 8.55. The molecule has 0 bridgehead atoms. The van der Waals surface area contributed by atoms with Crippen LogP contribution < -0.4 is 37.2 Å². The van der Waals surface area contributed by atoms with Gasteiger partial charge < -0.3 is 37.2 Å². The van der Waals surface area contributed by atoms with E-state index >= 15 is 0 Å². The number of hydrogen-bond acceptors (Lipinski definition) is 0. The Kier molecular flexibility index (Phi) is 11.8. The summed E-state index contributed by atoms with van der Waals surface area (Å²) in [7, 11) is 0. The Hall–Kier alpha value is 0.414. The van der Waals surface area contributed by atoms with Crippen molar-refractivity contribution in [2.75, 3.05) is 0 Å². The van der Waals surface area contributed by atoms with Crippen LogP contribution in [-0.2, 0) is 21.7 Å². The maximum absolute atomic E-state index is 2.24. The minimum Gasteiger partial charge on any atom is -1.00 e. The van der Waals surface area contributed by atoms with Gasteiger partial charge in [0.1, 0.15) is 0 Å². The van der Waals surface area contributed by atoms with Crippen LogP contribution in [0.15, 0.2) is 30.3 Å². The number of halogens is 3. The molecule has 0 saturated heterocycles. The zero-order valence-electron chi connectivity index (χ0n) is 8.52. The third kappa shape index (κ3) is 4.05. The molecule has 0 spiro atoms. The first-order chi connectivity index (χ1) is 5.29. The molecule has 0 aliphatic rings. The molecule has 15 heavy (non-hydrogen) atoms. The third-order valence-corrected chi connectivity index (χ3v) is 2.21. The van der Waals surface area contributed by atoms with Gasteiger partial charge in [-0.15, -0.1) is 40.6 Å². The smallest absolute Gasteiger partial charge is 1.00 e. The first-order valence-corrected chi connectivity index (χ1v) is 3.90. The largest absolute Gasteiger partial charge is 4.00 e. The van der Waals surface area contributed by atoms with E-state index in [-0.39, 0.29) is 58.9 Å². The van der Waals surface area contributed by atoms with Gasteiger partial charge in [0.25, 0.3) is 0 Å². The fraction of sp³-hybridized carbons (Fsp3) is 0.182. The molecule has 0 N–H and O–H groups in total. The Labute approximate surface area is 124 Å². The van der Waals surface area contributed by atoms with E-state index < -0.39 is 0 Å². The van der Waals surface area contributed by atoms with Crippen LogP contribution in [0.25, 0.3) is 10.8 Å². The Bertz CT molecular complexity index is 360. The van der Waals surface area contributed by atoms with Crippen molar-refractivity contribution in [1.29, 1.82) is 0 Å². The molecule has 4 heteroatoms. The van der Waals surface area contributed by atoms with Gasteiger partial charge in [0, 0.05) is 0 Å². The Balaban J connectivity index is -0.000000360. The van der Waals surface area contributed by atoms with E-state index in [0.717, 1.165) is 0 Å². The van der Waals surface area contributed by atoms with E-state index in [1.807, 2.05) is 0 Å². The fourth-order valence-electron chi connectivity index (χ4n) is 1.65. The van der Waals surface area contributed by atoms with Crippen molar-refractivity contribution in [3.05, 3.63) is 41.5 Å². The summed E-state index contributed by atoms with van der Waals surface area (Å²) >= 11 is 0. The Morgan fingerprint density at radius 3 is 2.07 bits per heavy atom. The molecular formula is C11H11Cl3Ti. The molecule has 0 radical (unpaired) electrons. The minimum absolute atomic E-state index is 0. The maximum atomic E-state index is 2.24. The molecule has 0 aromatic heterocycles. The van der Waals surface area contributed by atoms with Gasteiger partial charge in [-0.1, -0.05) is 19.9 Å². The van der Waals surface area contributed by atoms with Crippen LogP contribution >= 0.6 is 0 Å². The molecule has 80 valence electrons. The molecule has 0 aliphatic carbocycles. The van der Waals surface area contributed by atoms with Crippen LogP contribution in [-0.4, -0.2) is 0 Å². The number of rotatable bonds is 0. The summed E-state index contributed by atoms with van der Waals surface area (Å²) in [6, 6.07) is 10.8. The van der Waals surface area contributed by atoms with Crippen LogP contribution in [0.4, 0.5) is 0 Å². The third-order valence-electron chi connectivity index (χ3n) is 2.21. The van der Waals surface area contributed by atoms with Crippen LogP contribution in [0.5, 0.6) is 0 Å². The number of hydrogen-bond donors (Lipinski definition) is 0. The summed E-state index contributed by atoms with van der Waals surface area (Å²) in [4.78, 5) is 0. The summed E-state index contributed by atoms with van der Waals surface area (Å²) in [5, 5.41) is 2.79. The van der Waals surface area contributed by atoms with Gasteiger partial charge in [-0.2, -0.15) is 5.56 Å². The molecule has 0 nitrogen and oxygen atoms in total. The normalized spacial score (nSPS) is 7.87. The SMILES string of the molecule is Cc1c[c-](C)c2ccccc12.[Cl-].[Cl-].[Cl-].[Ti+4]. The van der Waals surface area contributed by atoms with Gasteiger partial charge in [0.2, 0.25) is 0 Å². The number of fused-ring (bicyclic) bond motifs is 1. The van der Waals surface area contributed by atoms with E-state index in [4.69, 9.17) is 0 Å². The Morgan fingerprint density at radius 2 is 1.53 bits per heavy atom. The van der Waals surface area contributed by atoms with Crippen molar-refractivity contribution in [1.82, 2.24) is 0 Å². The van der Waals surface area contributed by atoms with E-state index in [9.17, 15) is 0 Å². The summed E-state index contributed by atoms with van der Waals surface area (Å²) in [5.74, 6) is 0. The average Bonchev–Trinajstić information content (AvgIpc) is 2.30. The van der Waals surface area contributed by atoms with Crippen molar-refractivity contribution in [3.63, 3.8) is 0 Å². The second-order valence-corrected chi connectivity index (χ2v) is 3.06. The van der Waals surface area contributed by atoms with E-state index in [1.165, 1.54) is 21.9 Å². The van der Waals surface area contributed by atoms with E-state index in [2.05, 4.69) is 44.2 Å². The van der Waals surface area contributed by atoms with Crippen molar-refractivity contribution < 1.29 is 58.9 Å². The first-order valence-electron chi connectivity index (χ1n) is 3.90. The standard InChI is InChI=1S/C11H11.3ClH.Ti/c1-8-7-9(2)11-6-4-3-5-10(8)11;;;;/h3-7H,1-2H3;3*1H;/q-1;;;;+4/p-3. The molecule has 0 aliphatic heterocycles. The maximum Gasteiger partial charge on any atom is 4.00 e. The predicted octanol–water partition coefficient (Wildman–Crippen LogP) is -5.81. The molecule has 2 aromatic carbocycles. The molecule has 0 unspecified atom stereocenters. The van der Waals surface area contributed by atoms with Gasteiger partial charge in [-0.3, -0.25) is 0 Å². The van der Waals surface area contributed by atoms with Crippen LogP contribution in [0, 0.1) is 13.8 Å². The minimum atomic E-state index is 0. The van der Waals surface area contributed by atoms with Crippen LogP contribution in [0.3, 0.4) is 0 Å². The molecule has 0 saturated carbocycles. The van der Waals surface area contributed by atoms with Gasteiger partial charge in [0.15, 0.2) is 0 Å². The van der Waals surface area contributed by atoms with E-state index in [1.54, 1.807) is 0 Å². The Morgan fingerprint density at radius 1 is 1.00 bits per heavy atom.